The highest BCUT2D eigenvalue weighted by molar-refractivity contribution is 5.78. The Morgan fingerprint density at radius 3 is 2.53 bits per heavy atom. The summed E-state index contributed by atoms with van der Waals surface area (Å²) in [5, 5.41) is 16.9. The lowest BCUT2D eigenvalue weighted by Gasteiger charge is -2.23. The van der Waals surface area contributed by atoms with E-state index in [2.05, 4.69) is 20.6 Å². The number of hydrogen-bond acceptors (Lipinski definition) is 5. The van der Waals surface area contributed by atoms with Gasteiger partial charge in [-0.05, 0) is 61.1 Å². The van der Waals surface area contributed by atoms with E-state index < -0.39 is 17.3 Å². The molecule has 3 N–H and O–H groups in total. The first kappa shape index (κ1) is 24.6. The average Bonchev–Trinajstić information content (AvgIpc) is 3.16. The number of halogens is 3. The molecule has 1 fully saturated rings. The second-order valence-corrected chi connectivity index (χ2v) is 10.4. The van der Waals surface area contributed by atoms with Gasteiger partial charge in [-0.3, -0.25) is 0 Å². The molecule has 36 heavy (non-hydrogen) atoms. The van der Waals surface area contributed by atoms with E-state index in [4.69, 9.17) is 0 Å². The van der Waals surface area contributed by atoms with E-state index in [0.717, 1.165) is 35.7 Å². The van der Waals surface area contributed by atoms with Crippen LogP contribution in [-0.4, -0.2) is 27.2 Å². The SMILES string of the molecule is CC1(O)Cc2ccc(Nc3cc(-c4ccc(C(F)(F)F)cc4NCC4CCCCC4)ncn3)cc2C1. The fourth-order valence-electron chi connectivity index (χ4n) is 5.38. The zero-order valence-electron chi connectivity index (χ0n) is 20.3. The fraction of sp³-hybridized carbons (Fsp3) is 0.429. The number of alkyl halides is 3. The van der Waals surface area contributed by atoms with Crippen molar-refractivity contribution >= 4 is 17.2 Å². The van der Waals surface area contributed by atoms with Crippen LogP contribution in [-0.2, 0) is 19.0 Å². The molecule has 0 radical (unpaired) electrons. The highest BCUT2D eigenvalue weighted by Crippen LogP contribution is 2.37. The third-order valence-electron chi connectivity index (χ3n) is 7.22. The molecule has 190 valence electrons. The molecule has 8 heteroatoms. The van der Waals surface area contributed by atoms with E-state index in [-0.39, 0.29) is 0 Å². The molecule has 1 aromatic heterocycles. The van der Waals surface area contributed by atoms with Crippen molar-refractivity contribution < 1.29 is 18.3 Å². The summed E-state index contributed by atoms with van der Waals surface area (Å²) in [7, 11) is 0. The number of fused-ring (bicyclic) bond motifs is 1. The zero-order valence-corrected chi connectivity index (χ0v) is 20.3. The van der Waals surface area contributed by atoms with Crippen LogP contribution in [0.1, 0.15) is 55.7 Å². The molecule has 0 bridgehead atoms. The second-order valence-electron chi connectivity index (χ2n) is 10.4. The maximum atomic E-state index is 13.5. The average molecular weight is 497 g/mol. The van der Waals surface area contributed by atoms with Crippen LogP contribution >= 0.6 is 0 Å². The van der Waals surface area contributed by atoms with Crippen LogP contribution < -0.4 is 10.6 Å². The molecule has 2 aliphatic carbocycles. The van der Waals surface area contributed by atoms with Crippen molar-refractivity contribution in [1.29, 1.82) is 0 Å². The number of nitrogens with one attached hydrogen (secondary N) is 2. The molecule has 5 nitrogen and oxygen atoms in total. The Bertz CT molecular complexity index is 1240. The number of hydrogen-bond donors (Lipinski definition) is 3. The maximum absolute atomic E-state index is 13.5. The lowest BCUT2D eigenvalue weighted by Crippen LogP contribution is -2.23. The van der Waals surface area contributed by atoms with Gasteiger partial charge in [0.1, 0.15) is 12.1 Å². The summed E-state index contributed by atoms with van der Waals surface area (Å²) in [5.41, 5.74) is 3.22. The summed E-state index contributed by atoms with van der Waals surface area (Å²) in [4.78, 5) is 8.69. The molecule has 0 amide bonds. The molecule has 1 atom stereocenters. The summed E-state index contributed by atoms with van der Waals surface area (Å²) in [5.74, 6) is 1.01. The van der Waals surface area contributed by atoms with E-state index in [1.54, 1.807) is 6.07 Å². The van der Waals surface area contributed by atoms with Crippen molar-refractivity contribution in [3.8, 4) is 11.3 Å². The van der Waals surface area contributed by atoms with Crippen molar-refractivity contribution in [3.05, 3.63) is 65.5 Å². The molecule has 1 heterocycles. The van der Waals surface area contributed by atoms with Gasteiger partial charge in [-0.1, -0.05) is 31.4 Å². The largest absolute Gasteiger partial charge is 0.416 e. The van der Waals surface area contributed by atoms with Gasteiger partial charge in [-0.2, -0.15) is 13.2 Å². The standard InChI is InChI=1S/C28H31F3N4O/c1-27(36)14-19-7-9-22(11-20(19)15-27)35-26-13-25(33-17-34-26)23-10-8-21(28(29,30)31)12-24(23)32-16-18-5-3-2-4-6-18/h7-13,17-18,32,36H,2-6,14-16H2,1H3,(H,33,34,35). The van der Waals surface area contributed by atoms with E-state index in [0.29, 0.717) is 48.1 Å². The van der Waals surface area contributed by atoms with Gasteiger partial charge in [0.05, 0.1) is 16.9 Å². The van der Waals surface area contributed by atoms with Crippen LogP contribution in [0, 0.1) is 5.92 Å². The number of aliphatic hydroxyl groups is 1. The number of nitrogens with zero attached hydrogens (tertiary/aromatic N) is 2. The van der Waals surface area contributed by atoms with Gasteiger partial charge in [-0.15, -0.1) is 0 Å². The number of anilines is 3. The third kappa shape index (κ3) is 5.64. The summed E-state index contributed by atoms with van der Waals surface area (Å²) in [6.45, 7) is 2.48. The minimum atomic E-state index is -4.42. The minimum Gasteiger partial charge on any atom is -0.389 e. The monoisotopic (exact) mass is 496 g/mol. The van der Waals surface area contributed by atoms with E-state index >= 15 is 0 Å². The van der Waals surface area contributed by atoms with Crippen molar-refractivity contribution in [3.63, 3.8) is 0 Å². The lowest BCUT2D eigenvalue weighted by molar-refractivity contribution is -0.137. The molecule has 0 saturated heterocycles. The molecule has 1 unspecified atom stereocenters. The van der Waals surface area contributed by atoms with Gasteiger partial charge >= 0.3 is 6.18 Å². The van der Waals surface area contributed by atoms with Crippen molar-refractivity contribution in [2.24, 2.45) is 5.92 Å². The summed E-state index contributed by atoms with van der Waals surface area (Å²) in [6, 6.07) is 11.5. The van der Waals surface area contributed by atoms with E-state index in [1.807, 2.05) is 25.1 Å². The number of aromatic nitrogens is 2. The molecule has 1 saturated carbocycles. The first-order valence-electron chi connectivity index (χ1n) is 12.6. The molecule has 2 aliphatic rings. The van der Waals surface area contributed by atoms with Crippen molar-refractivity contribution in [1.82, 2.24) is 9.97 Å². The van der Waals surface area contributed by atoms with Crippen LogP contribution in [0.15, 0.2) is 48.8 Å². The van der Waals surface area contributed by atoms with Crippen LogP contribution in [0.2, 0.25) is 0 Å². The molecular weight excluding hydrogens is 465 g/mol. The summed E-state index contributed by atoms with van der Waals surface area (Å²) >= 11 is 0. The van der Waals surface area contributed by atoms with Gasteiger partial charge in [0.2, 0.25) is 0 Å². The van der Waals surface area contributed by atoms with Gasteiger partial charge in [0.15, 0.2) is 0 Å². The smallest absolute Gasteiger partial charge is 0.389 e. The lowest BCUT2D eigenvalue weighted by atomic mass is 9.89. The Morgan fingerprint density at radius 1 is 0.972 bits per heavy atom. The Balaban J connectivity index is 1.40. The first-order chi connectivity index (χ1) is 17.2. The highest BCUT2D eigenvalue weighted by Gasteiger charge is 2.32. The molecule has 5 rings (SSSR count). The third-order valence-corrected chi connectivity index (χ3v) is 7.22. The minimum absolute atomic E-state index is 0.430. The quantitative estimate of drug-likeness (QED) is 0.352. The Kier molecular flexibility index (Phi) is 6.64. The van der Waals surface area contributed by atoms with Gasteiger partial charge in [0, 0.05) is 42.4 Å². The molecule has 3 aromatic rings. The Hall–Kier alpha value is -3.13. The van der Waals surface area contributed by atoms with Crippen molar-refractivity contribution in [2.75, 3.05) is 17.2 Å². The maximum Gasteiger partial charge on any atom is 0.416 e. The van der Waals surface area contributed by atoms with Gasteiger partial charge in [0.25, 0.3) is 0 Å². The molecule has 0 spiro atoms. The first-order valence-corrected chi connectivity index (χ1v) is 12.6. The molecule has 0 aliphatic heterocycles. The van der Waals surface area contributed by atoms with Gasteiger partial charge < -0.3 is 15.7 Å². The predicted molar refractivity (Wildman–Crippen MR) is 135 cm³/mol. The number of benzene rings is 2. The number of rotatable bonds is 6. The van der Waals surface area contributed by atoms with Crippen molar-refractivity contribution in [2.45, 2.75) is 63.6 Å². The normalized spacial score (nSPS) is 20.2. The second kappa shape index (κ2) is 9.73. The molecular formula is C28H31F3N4O. The molecule has 2 aromatic carbocycles. The summed E-state index contributed by atoms with van der Waals surface area (Å²) < 4.78 is 40.4. The Morgan fingerprint density at radius 2 is 1.75 bits per heavy atom. The predicted octanol–water partition coefficient (Wildman–Crippen LogP) is 6.75. The fourth-order valence-corrected chi connectivity index (χ4v) is 5.38. The zero-order chi connectivity index (χ0) is 25.3. The van der Waals surface area contributed by atoms with E-state index in [1.165, 1.54) is 37.7 Å². The van der Waals surface area contributed by atoms with Crippen LogP contribution in [0.5, 0.6) is 0 Å². The Labute approximate surface area is 209 Å². The highest BCUT2D eigenvalue weighted by atomic mass is 19.4. The topological polar surface area (TPSA) is 70.1 Å². The van der Waals surface area contributed by atoms with E-state index in [9.17, 15) is 18.3 Å². The van der Waals surface area contributed by atoms with Crippen LogP contribution in [0.4, 0.5) is 30.4 Å². The van der Waals surface area contributed by atoms with Crippen LogP contribution in [0.25, 0.3) is 11.3 Å². The van der Waals surface area contributed by atoms with Gasteiger partial charge in [-0.25, -0.2) is 9.97 Å². The summed E-state index contributed by atoms with van der Waals surface area (Å²) in [6.07, 6.45) is 3.98. The van der Waals surface area contributed by atoms with Crippen LogP contribution in [0.3, 0.4) is 0 Å².